The number of pyridine rings is 1. The Morgan fingerprint density at radius 2 is 2.17 bits per heavy atom. The average molecular weight is 309 g/mol. The number of hydrogen-bond donors (Lipinski definition) is 1. The van der Waals surface area contributed by atoms with Crippen LogP contribution in [-0.2, 0) is 6.54 Å². The van der Waals surface area contributed by atoms with E-state index in [-0.39, 0.29) is 11.1 Å². The first-order valence-electron chi connectivity index (χ1n) is 5.49. The van der Waals surface area contributed by atoms with E-state index in [2.05, 4.69) is 15.9 Å². The molecule has 1 aromatic carbocycles. The highest BCUT2D eigenvalue weighted by molar-refractivity contribution is 9.10. The topological polar surface area (TPSA) is 57.2 Å². The van der Waals surface area contributed by atoms with Crippen LogP contribution >= 0.6 is 15.9 Å². The average Bonchev–Trinajstić information content (AvgIpc) is 2.34. The zero-order valence-electron chi connectivity index (χ0n) is 9.67. The number of aromatic nitrogens is 1. The predicted molar refractivity (Wildman–Crippen MR) is 74.8 cm³/mol. The van der Waals surface area contributed by atoms with Crippen molar-refractivity contribution in [2.24, 2.45) is 0 Å². The number of benzene rings is 1. The van der Waals surface area contributed by atoms with Gasteiger partial charge in [-0.1, -0.05) is 22.0 Å². The third-order valence-corrected chi connectivity index (χ3v) is 2.91. The SMILES string of the molecule is Nc1cn(CCOc2cccc(Br)c2)ccc1=O. The first kappa shape index (κ1) is 12.7. The van der Waals surface area contributed by atoms with Gasteiger partial charge in [-0.25, -0.2) is 0 Å². The maximum atomic E-state index is 11.1. The van der Waals surface area contributed by atoms with E-state index in [1.54, 1.807) is 12.4 Å². The van der Waals surface area contributed by atoms with Crippen LogP contribution < -0.4 is 15.9 Å². The number of nitrogens with two attached hydrogens (primary N) is 1. The summed E-state index contributed by atoms with van der Waals surface area (Å²) in [5, 5.41) is 0. The molecule has 1 aromatic heterocycles. The molecule has 0 aliphatic carbocycles. The standard InChI is InChI=1S/C13H13BrN2O2/c14-10-2-1-3-11(8-10)18-7-6-16-5-4-13(17)12(15)9-16/h1-5,8-9H,6-7,15H2. The fourth-order valence-electron chi connectivity index (χ4n) is 1.51. The minimum atomic E-state index is -0.154. The summed E-state index contributed by atoms with van der Waals surface area (Å²) < 4.78 is 8.40. The van der Waals surface area contributed by atoms with Crippen molar-refractivity contribution in [2.45, 2.75) is 6.54 Å². The van der Waals surface area contributed by atoms with Gasteiger partial charge in [-0.05, 0) is 18.2 Å². The lowest BCUT2D eigenvalue weighted by molar-refractivity contribution is 0.298. The first-order valence-corrected chi connectivity index (χ1v) is 6.28. The molecule has 0 atom stereocenters. The van der Waals surface area contributed by atoms with Gasteiger partial charge < -0.3 is 15.0 Å². The Morgan fingerprint density at radius 1 is 1.33 bits per heavy atom. The molecule has 0 unspecified atom stereocenters. The van der Waals surface area contributed by atoms with Crippen LogP contribution in [0.15, 0.2) is 52.0 Å². The molecule has 0 amide bonds. The van der Waals surface area contributed by atoms with Gasteiger partial charge in [0, 0.05) is 22.9 Å². The molecule has 5 heteroatoms. The number of rotatable bonds is 4. The van der Waals surface area contributed by atoms with E-state index < -0.39 is 0 Å². The molecule has 1 heterocycles. The quantitative estimate of drug-likeness (QED) is 0.942. The summed E-state index contributed by atoms with van der Waals surface area (Å²) in [4.78, 5) is 11.1. The van der Waals surface area contributed by atoms with Crippen molar-refractivity contribution in [3.63, 3.8) is 0 Å². The van der Waals surface area contributed by atoms with E-state index in [1.807, 2.05) is 28.8 Å². The molecule has 0 spiro atoms. The monoisotopic (exact) mass is 308 g/mol. The molecule has 4 nitrogen and oxygen atoms in total. The zero-order valence-corrected chi connectivity index (χ0v) is 11.3. The van der Waals surface area contributed by atoms with E-state index >= 15 is 0 Å². The van der Waals surface area contributed by atoms with Gasteiger partial charge in [-0.2, -0.15) is 0 Å². The van der Waals surface area contributed by atoms with E-state index in [1.165, 1.54) is 6.07 Å². The van der Waals surface area contributed by atoms with E-state index in [4.69, 9.17) is 10.5 Å². The van der Waals surface area contributed by atoms with Crippen LogP contribution in [0, 0.1) is 0 Å². The highest BCUT2D eigenvalue weighted by Gasteiger charge is 1.97. The van der Waals surface area contributed by atoms with Crippen LogP contribution in [0.1, 0.15) is 0 Å². The van der Waals surface area contributed by atoms with Gasteiger partial charge in [0.15, 0.2) is 0 Å². The van der Waals surface area contributed by atoms with Gasteiger partial charge in [0.25, 0.3) is 0 Å². The first-order chi connectivity index (χ1) is 8.65. The Bertz CT molecular complexity index is 596. The lowest BCUT2D eigenvalue weighted by Gasteiger charge is -2.09. The molecule has 2 N–H and O–H groups in total. The maximum Gasteiger partial charge on any atom is 0.204 e. The summed E-state index contributed by atoms with van der Waals surface area (Å²) in [6.45, 7) is 1.15. The summed E-state index contributed by atoms with van der Waals surface area (Å²) in [5.74, 6) is 0.804. The van der Waals surface area contributed by atoms with Gasteiger partial charge in [0.05, 0.1) is 12.2 Å². The van der Waals surface area contributed by atoms with Crippen molar-refractivity contribution in [1.82, 2.24) is 4.57 Å². The summed E-state index contributed by atoms with van der Waals surface area (Å²) in [7, 11) is 0. The molecule has 94 valence electrons. The van der Waals surface area contributed by atoms with Gasteiger partial charge >= 0.3 is 0 Å². The summed E-state index contributed by atoms with van der Waals surface area (Å²) in [6.07, 6.45) is 3.32. The third kappa shape index (κ3) is 3.37. The molecule has 0 bridgehead atoms. The Kier molecular flexibility index (Phi) is 4.04. The largest absolute Gasteiger partial charge is 0.492 e. The second-order valence-electron chi connectivity index (χ2n) is 3.81. The lowest BCUT2D eigenvalue weighted by atomic mass is 10.3. The molecule has 0 radical (unpaired) electrons. The fourth-order valence-corrected chi connectivity index (χ4v) is 1.89. The second-order valence-corrected chi connectivity index (χ2v) is 4.72. The number of ether oxygens (including phenoxy) is 1. The van der Waals surface area contributed by atoms with Gasteiger partial charge in [0.2, 0.25) is 5.43 Å². The Labute approximate surface area is 113 Å². The molecule has 0 saturated heterocycles. The summed E-state index contributed by atoms with van der Waals surface area (Å²) in [5.41, 5.74) is 5.64. The molecular formula is C13H13BrN2O2. The second kappa shape index (κ2) is 5.73. The Hall–Kier alpha value is -1.75. The lowest BCUT2D eigenvalue weighted by Crippen LogP contribution is -2.13. The van der Waals surface area contributed by atoms with Crippen LogP contribution in [0.5, 0.6) is 5.75 Å². The van der Waals surface area contributed by atoms with Crippen molar-refractivity contribution in [2.75, 3.05) is 12.3 Å². The van der Waals surface area contributed by atoms with Crippen LogP contribution in [0.4, 0.5) is 5.69 Å². The van der Waals surface area contributed by atoms with Crippen LogP contribution in [0.2, 0.25) is 0 Å². The van der Waals surface area contributed by atoms with Crippen molar-refractivity contribution < 1.29 is 4.74 Å². The number of halogens is 1. The molecular weight excluding hydrogens is 296 g/mol. The van der Waals surface area contributed by atoms with Crippen LogP contribution in [-0.4, -0.2) is 11.2 Å². The van der Waals surface area contributed by atoms with Crippen molar-refractivity contribution in [3.8, 4) is 5.75 Å². The van der Waals surface area contributed by atoms with Gasteiger partial charge in [-0.3, -0.25) is 4.79 Å². The number of hydrogen-bond acceptors (Lipinski definition) is 3. The highest BCUT2D eigenvalue weighted by atomic mass is 79.9. The van der Waals surface area contributed by atoms with Crippen molar-refractivity contribution in [3.05, 3.63) is 57.4 Å². The molecule has 18 heavy (non-hydrogen) atoms. The molecule has 0 fully saturated rings. The number of nitrogens with zero attached hydrogens (tertiary/aromatic N) is 1. The summed E-state index contributed by atoms with van der Waals surface area (Å²) in [6, 6.07) is 9.10. The molecule has 2 rings (SSSR count). The van der Waals surface area contributed by atoms with Crippen molar-refractivity contribution in [1.29, 1.82) is 0 Å². The van der Waals surface area contributed by atoms with Crippen LogP contribution in [0.3, 0.4) is 0 Å². The van der Waals surface area contributed by atoms with E-state index in [0.717, 1.165) is 10.2 Å². The zero-order chi connectivity index (χ0) is 13.0. The Morgan fingerprint density at radius 3 is 2.89 bits per heavy atom. The van der Waals surface area contributed by atoms with Gasteiger partial charge in [0.1, 0.15) is 12.4 Å². The van der Waals surface area contributed by atoms with E-state index in [9.17, 15) is 4.79 Å². The molecule has 0 aliphatic heterocycles. The molecule has 2 aromatic rings. The van der Waals surface area contributed by atoms with Crippen LogP contribution in [0.25, 0.3) is 0 Å². The smallest absolute Gasteiger partial charge is 0.204 e. The molecule has 0 saturated carbocycles. The van der Waals surface area contributed by atoms with Crippen molar-refractivity contribution >= 4 is 21.6 Å². The predicted octanol–water partition coefficient (Wildman–Crippen LogP) is 2.27. The normalized spacial score (nSPS) is 10.3. The third-order valence-electron chi connectivity index (χ3n) is 2.42. The highest BCUT2D eigenvalue weighted by Crippen LogP contribution is 2.17. The van der Waals surface area contributed by atoms with Gasteiger partial charge in [-0.15, -0.1) is 0 Å². The number of nitrogen functional groups attached to an aromatic ring is 1. The maximum absolute atomic E-state index is 11.1. The number of anilines is 1. The Balaban J connectivity index is 1.92. The van der Waals surface area contributed by atoms with E-state index in [0.29, 0.717) is 13.2 Å². The fraction of sp³-hybridized carbons (Fsp3) is 0.154. The minimum Gasteiger partial charge on any atom is -0.492 e. The minimum absolute atomic E-state index is 0.154. The molecule has 0 aliphatic rings. The summed E-state index contributed by atoms with van der Waals surface area (Å²) >= 11 is 3.38.